The van der Waals surface area contributed by atoms with E-state index in [4.69, 9.17) is 10.3 Å². The standard InChI is InChI=1S/C14H20N2O2/c15-6-5-9-7-11(17)13-12(8-9)18-16-14(13)10-3-1-2-4-10/h9-10H,1-8,15H2. The molecule has 1 fully saturated rings. The van der Waals surface area contributed by atoms with Crippen molar-refractivity contribution in [3.05, 3.63) is 17.0 Å². The average molecular weight is 248 g/mol. The SMILES string of the molecule is NCCC1CC(=O)c2c(C3CCCC3)noc2C1. The number of fused-ring (bicyclic) bond motifs is 1. The van der Waals surface area contributed by atoms with Crippen molar-refractivity contribution in [3.8, 4) is 0 Å². The first-order chi connectivity index (χ1) is 8.79. The Bertz CT molecular complexity index is 447. The van der Waals surface area contributed by atoms with Crippen molar-refractivity contribution in [1.82, 2.24) is 5.16 Å². The van der Waals surface area contributed by atoms with Crippen molar-refractivity contribution in [2.45, 2.75) is 50.9 Å². The van der Waals surface area contributed by atoms with Crippen molar-refractivity contribution in [2.24, 2.45) is 11.7 Å². The number of carbonyl (C=O) groups is 1. The fourth-order valence-electron chi connectivity index (χ4n) is 3.39. The van der Waals surface area contributed by atoms with E-state index in [9.17, 15) is 4.79 Å². The first-order valence-corrected chi connectivity index (χ1v) is 7.01. The average Bonchev–Trinajstić information content (AvgIpc) is 2.96. The number of Topliss-reactive ketones (excluding diaryl/α,β-unsaturated/α-hetero) is 1. The molecule has 1 heterocycles. The molecule has 0 radical (unpaired) electrons. The highest BCUT2D eigenvalue weighted by atomic mass is 16.5. The van der Waals surface area contributed by atoms with E-state index in [-0.39, 0.29) is 5.78 Å². The molecule has 4 nitrogen and oxygen atoms in total. The van der Waals surface area contributed by atoms with Crippen molar-refractivity contribution in [1.29, 1.82) is 0 Å². The Labute approximate surface area is 107 Å². The minimum absolute atomic E-state index is 0.220. The molecular weight excluding hydrogens is 228 g/mol. The van der Waals surface area contributed by atoms with Crippen LogP contribution in [0.3, 0.4) is 0 Å². The first kappa shape index (κ1) is 11.9. The van der Waals surface area contributed by atoms with Crippen molar-refractivity contribution < 1.29 is 9.32 Å². The van der Waals surface area contributed by atoms with E-state index in [1.165, 1.54) is 12.8 Å². The van der Waals surface area contributed by atoms with Gasteiger partial charge in [0, 0.05) is 18.8 Å². The van der Waals surface area contributed by atoms with Crippen molar-refractivity contribution in [3.63, 3.8) is 0 Å². The summed E-state index contributed by atoms with van der Waals surface area (Å²) in [6, 6.07) is 0. The number of ketones is 1. The summed E-state index contributed by atoms with van der Waals surface area (Å²) < 4.78 is 5.43. The highest BCUT2D eigenvalue weighted by Gasteiger charge is 2.34. The molecule has 0 saturated heterocycles. The lowest BCUT2D eigenvalue weighted by molar-refractivity contribution is 0.0940. The lowest BCUT2D eigenvalue weighted by Crippen LogP contribution is -2.22. The van der Waals surface area contributed by atoms with Gasteiger partial charge in [-0.25, -0.2) is 0 Å². The largest absolute Gasteiger partial charge is 0.360 e. The number of nitrogens with zero attached hydrogens (tertiary/aromatic N) is 1. The Balaban J connectivity index is 1.87. The molecule has 0 aliphatic heterocycles. The molecule has 0 aromatic carbocycles. The van der Waals surface area contributed by atoms with Gasteiger partial charge in [0.15, 0.2) is 5.78 Å². The highest BCUT2D eigenvalue weighted by molar-refractivity contribution is 5.99. The van der Waals surface area contributed by atoms with Gasteiger partial charge in [-0.2, -0.15) is 0 Å². The maximum Gasteiger partial charge on any atom is 0.168 e. The third kappa shape index (κ3) is 1.99. The second-order valence-corrected chi connectivity index (χ2v) is 5.62. The fourth-order valence-corrected chi connectivity index (χ4v) is 3.39. The van der Waals surface area contributed by atoms with Crippen LogP contribution in [-0.4, -0.2) is 17.5 Å². The molecule has 0 amide bonds. The normalized spacial score (nSPS) is 24.5. The van der Waals surface area contributed by atoms with Crippen LogP contribution in [0, 0.1) is 5.92 Å². The molecule has 1 aromatic rings. The van der Waals surface area contributed by atoms with Gasteiger partial charge in [-0.05, 0) is 31.7 Å². The number of nitrogens with two attached hydrogens (primary N) is 1. The molecule has 3 rings (SSSR count). The predicted octanol–water partition coefficient (Wildman–Crippen LogP) is 2.43. The van der Waals surface area contributed by atoms with Crippen LogP contribution in [0.1, 0.15) is 66.3 Å². The molecule has 1 aromatic heterocycles. The third-order valence-corrected chi connectivity index (χ3v) is 4.33. The number of rotatable bonds is 3. The number of hydrogen-bond acceptors (Lipinski definition) is 4. The van der Waals surface area contributed by atoms with E-state index in [2.05, 4.69) is 5.16 Å². The Morgan fingerprint density at radius 2 is 2.06 bits per heavy atom. The second-order valence-electron chi connectivity index (χ2n) is 5.62. The maximum atomic E-state index is 12.3. The molecule has 0 spiro atoms. The maximum absolute atomic E-state index is 12.3. The summed E-state index contributed by atoms with van der Waals surface area (Å²) in [4.78, 5) is 12.3. The molecular formula is C14H20N2O2. The molecule has 1 unspecified atom stereocenters. The summed E-state index contributed by atoms with van der Waals surface area (Å²) >= 11 is 0. The summed E-state index contributed by atoms with van der Waals surface area (Å²) in [5.41, 5.74) is 7.33. The fraction of sp³-hybridized carbons (Fsp3) is 0.714. The summed E-state index contributed by atoms with van der Waals surface area (Å²) in [6.45, 7) is 0.636. The van der Waals surface area contributed by atoms with Crippen molar-refractivity contribution >= 4 is 5.78 Å². The molecule has 2 aliphatic carbocycles. The zero-order chi connectivity index (χ0) is 12.5. The van der Waals surface area contributed by atoms with Crippen LogP contribution in [0.5, 0.6) is 0 Å². The number of carbonyl (C=O) groups excluding carboxylic acids is 1. The van der Waals surface area contributed by atoms with Crippen LogP contribution in [0.4, 0.5) is 0 Å². The lowest BCUT2D eigenvalue weighted by Gasteiger charge is -2.19. The molecule has 2 aliphatic rings. The van der Waals surface area contributed by atoms with Crippen LogP contribution >= 0.6 is 0 Å². The van der Waals surface area contributed by atoms with E-state index < -0.39 is 0 Å². The topological polar surface area (TPSA) is 69.1 Å². The van der Waals surface area contributed by atoms with Gasteiger partial charge >= 0.3 is 0 Å². The third-order valence-electron chi connectivity index (χ3n) is 4.33. The quantitative estimate of drug-likeness (QED) is 0.892. The second kappa shape index (κ2) is 4.84. The van der Waals surface area contributed by atoms with Gasteiger partial charge in [0.05, 0.1) is 11.3 Å². The Hall–Kier alpha value is -1.16. The zero-order valence-electron chi connectivity index (χ0n) is 10.7. The van der Waals surface area contributed by atoms with Crippen LogP contribution in [-0.2, 0) is 6.42 Å². The van der Waals surface area contributed by atoms with Crippen LogP contribution in [0.15, 0.2) is 4.52 Å². The van der Waals surface area contributed by atoms with Gasteiger partial charge in [0.1, 0.15) is 5.76 Å². The molecule has 0 bridgehead atoms. The zero-order valence-corrected chi connectivity index (χ0v) is 10.7. The lowest BCUT2D eigenvalue weighted by atomic mass is 9.82. The smallest absolute Gasteiger partial charge is 0.168 e. The minimum Gasteiger partial charge on any atom is -0.360 e. The van der Waals surface area contributed by atoms with Gasteiger partial charge in [0.2, 0.25) is 0 Å². The molecule has 1 atom stereocenters. The number of hydrogen-bond donors (Lipinski definition) is 1. The van der Waals surface area contributed by atoms with E-state index >= 15 is 0 Å². The predicted molar refractivity (Wildman–Crippen MR) is 67.5 cm³/mol. The highest BCUT2D eigenvalue weighted by Crippen LogP contribution is 2.39. The first-order valence-electron chi connectivity index (χ1n) is 7.01. The monoisotopic (exact) mass is 248 g/mol. The molecule has 18 heavy (non-hydrogen) atoms. The Morgan fingerprint density at radius 3 is 2.78 bits per heavy atom. The van der Waals surface area contributed by atoms with Gasteiger partial charge < -0.3 is 10.3 Å². The van der Waals surface area contributed by atoms with Crippen LogP contribution in [0.2, 0.25) is 0 Å². The minimum atomic E-state index is 0.220. The Kier molecular flexibility index (Phi) is 3.20. The van der Waals surface area contributed by atoms with Gasteiger partial charge in [-0.1, -0.05) is 18.0 Å². The van der Waals surface area contributed by atoms with Crippen molar-refractivity contribution in [2.75, 3.05) is 6.54 Å². The molecule has 2 N–H and O–H groups in total. The number of aromatic nitrogens is 1. The van der Waals surface area contributed by atoms with E-state index in [0.717, 1.165) is 42.7 Å². The summed E-state index contributed by atoms with van der Waals surface area (Å²) in [5, 5.41) is 4.20. The Morgan fingerprint density at radius 1 is 1.28 bits per heavy atom. The van der Waals surface area contributed by atoms with E-state index in [0.29, 0.717) is 24.8 Å². The van der Waals surface area contributed by atoms with Gasteiger partial charge in [-0.15, -0.1) is 0 Å². The van der Waals surface area contributed by atoms with Gasteiger partial charge in [0.25, 0.3) is 0 Å². The van der Waals surface area contributed by atoms with E-state index in [1.54, 1.807) is 0 Å². The molecule has 1 saturated carbocycles. The summed E-state index contributed by atoms with van der Waals surface area (Å²) in [5.74, 6) is 1.83. The summed E-state index contributed by atoms with van der Waals surface area (Å²) in [7, 11) is 0. The molecule has 98 valence electrons. The molecule has 4 heteroatoms. The van der Waals surface area contributed by atoms with Crippen LogP contribution < -0.4 is 5.73 Å². The summed E-state index contributed by atoms with van der Waals surface area (Å²) in [6.07, 6.45) is 7.14. The van der Waals surface area contributed by atoms with Gasteiger partial charge in [-0.3, -0.25) is 4.79 Å². The van der Waals surface area contributed by atoms with Crippen LogP contribution in [0.25, 0.3) is 0 Å². The van der Waals surface area contributed by atoms with E-state index in [1.807, 2.05) is 0 Å².